The summed E-state index contributed by atoms with van der Waals surface area (Å²) in [5.41, 5.74) is -0.542. The van der Waals surface area contributed by atoms with Gasteiger partial charge in [0.2, 0.25) is 5.91 Å². The zero-order valence-corrected chi connectivity index (χ0v) is 9.05. The minimum absolute atomic E-state index is 0.0580. The lowest BCUT2D eigenvalue weighted by Gasteiger charge is -2.23. The lowest BCUT2D eigenvalue weighted by atomic mass is 9.95. The number of hydrogen-bond donors (Lipinski definition) is 2. The Morgan fingerprint density at radius 1 is 1.57 bits per heavy atom. The van der Waals surface area contributed by atoms with Crippen molar-refractivity contribution in [2.24, 2.45) is 11.8 Å². The second kappa shape index (κ2) is 4.02. The standard InChI is InChI=1S/C11H18N2O/c1-5-11(3,4)13-10(14)9-7-12-6-8(9)2/h1,8-9,12H,6-7H2,2-4H3,(H,13,14). The molecule has 0 aromatic heterocycles. The molecule has 3 heteroatoms. The van der Waals surface area contributed by atoms with Crippen LogP contribution >= 0.6 is 0 Å². The summed E-state index contributed by atoms with van der Waals surface area (Å²) in [6.45, 7) is 7.41. The van der Waals surface area contributed by atoms with Gasteiger partial charge in [0, 0.05) is 6.54 Å². The molecule has 1 aliphatic rings. The molecule has 1 aliphatic heterocycles. The highest BCUT2D eigenvalue weighted by atomic mass is 16.2. The fraction of sp³-hybridized carbons (Fsp3) is 0.727. The first-order valence-electron chi connectivity index (χ1n) is 4.97. The van der Waals surface area contributed by atoms with Crippen LogP contribution in [0.2, 0.25) is 0 Å². The molecule has 0 spiro atoms. The van der Waals surface area contributed by atoms with Gasteiger partial charge in [-0.05, 0) is 26.3 Å². The van der Waals surface area contributed by atoms with E-state index in [4.69, 9.17) is 6.42 Å². The van der Waals surface area contributed by atoms with Crippen molar-refractivity contribution in [1.82, 2.24) is 10.6 Å². The smallest absolute Gasteiger partial charge is 0.225 e. The molecule has 1 fully saturated rings. The van der Waals surface area contributed by atoms with Crippen LogP contribution in [0.15, 0.2) is 0 Å². The van der Waals surface area contributed by atoms with Gasteiger partial charge in [-0.25, -0.2) is 0 Å². The van der Waals surface area contributed by atoms with Crippen LogP contribution < -0.4 is 10.6 Å². The Hall–Kier alpha value is -1.01. The van der Waals surface area contributed by atoms with Gasteiger partial charge in [-0.3, -0.25) is 4.79 Å². The minimum atomic E-state index is -0.542. The van der Waals surface area contributed by atoms with Crippen LogP contribution in [0.3, 0.4) is 0 Å². The van der Waals surface area contributed by atoms with Gasteiger partial charge in [0.05, 0.1) is 11.5 Å². The van der Waals surface area contributed by atoms with E-state index in [1.165, 1.54) is 0 Å². The third-order valence-electron chi connectivity index (χ3n) is 2.65. The molecule has 2 unspecified atom stereocenters. The maximum atomic E-state index is 11.8. The topological polar surface area (TPSA) is 41.1 Å². The Labute approximate surface area is 85.6 Å². The number of carbonyl (C=O) groups excluding carboxylic acids is 1. The number of carbonyl (C=O) groups is 1. The molecule has 0 saturated carbocycles. The molecule has 1 saturated heterocycles. The van der Waals surface area contributed by atoms with Gasteiger partial charge in [-0.15, -0.1) is 6.42 Å². The van der Waals surface area contributed by atoms with Crippen molar-refractivity contribution in [3.63, 3.8) is 0 Å². The lowest BCUT2D eigenvalue weighted by molar-refractivity contribution is -0.126. The monoisotopic (exact) mass is 194 g/mol. The third kappa shape index (κ3) is 2.49. The van der Waals surface area contributed by atoms with Crippen LogP contribution in [0, 0.1) is 24.2 Å². The zero-order valence-electron chi connectivity index (χ0n) is 9.05. The number of terminal acetylenes is 1. The summed E-state index contributed by atoms with van der Waals surface area (Å²) in [6, 6.07) is 0. The minimum Gasteiger partial charge on any atom is -0.340 e. The van der Waals surface area contributed by atoms with Gasteiger partial charge in [-0.2, -0.15) is 0 Å². The summed E-state index contributed by atoms with van der Waals surface area (Å²) in [4.78, 5) is 11.8. The first-order chi connectivity index (χ1) is 6.46. The molecule has 3 nitrogen and oxygen atoms in total. The van der Waals surface area contributed by atoms with E-state index in [9.17, 15) is 4.79 Å². The largest absolute Gasteiger partial charge is 0.340 e. The molecule has 1 heterocycles. The SMILES string of the molecule is C#CC(C)(C)NC(=O)C1CNCC1C. The molecule has 1 rings (SSSR count). The van der Waals surface area contributed by atoms with Crippen LogP contribution in [0.25, 0.3) is 0 Å². The quantitative estimate of drug-likeness (QED) is 0.624. The molecule has 1 amide bonds. The highest BCUT2D eigenvalue weighted by Gasteiger charge is 2.31. The Morgan fingerprint density at radius 2 is 2.21 bits per heavy atom. The second-order valence-corrected chi connectivity index (χ2v) is 4.50. The van der Waals surface area contributed by atoms with E-state index in [-0.39, 0.29) is 11.8 Å². The molecular formula is C11H18N2O. The number of nitrogens with one attached hydrogen (secondary N) is 2. The molecule has 14 heavy (non-hydrogen) atoms. The molecule has 2 N–H and O–H groups in total. The van der Waals surface area contributed by atoms with E-state index >= 15 is 0 Å². The Balaban J connectivity index is 2.55. The predicted octanol–water partition coefficient (Wildman–Crippen LogP) is 0.370. The molecule has 78 valence electrons. The number of rotatable bonds is 2. The summed E-state index contributed by atoms with van der Waals surface area (Å²) in [6.07, 6.45) is 5.31. The maximum absolute atomic E-state index is 11.8. The summed E-state index contributed by atoms with van der Waals surface area (Å²) in [7, 11) is 0. The molecule has 2 atom stereocenters. The van der Waals surface area contributed by atoms with Gasteiger partial charge in [0.15, 0.2) is 0 Å². The van der Waals surface area contributed by atoms with Crippen LogP contribution in [-0.4, -0.2) is 24.5 Å². The average Bonchev–Trinajstić information content (AvgIpc) is 2.51. The van der Waals surface area contributed by atoms with Crippen molar-refractivity contribution in [2.45, 2.75) is 26.3 Å². The Kier molecular flexibility index (Phi) is 3.17. The predicted molar refractivity (Wildman–Crippen MR) is 56.6 cm³/mol. The van der Waals surface area contributed by atoms with Gasteiger partial charge in [0.25, 0.3) is 0 Å². The molecular weight excluding hydrogens is 176 g/mol. The van der Waals surface area contributed by atoms with Crippen LogP contribution in [0.5, 0.6) is 0 Å². The summed E-state index contributed by atoms with van der Waals surface area (Å²) < 4.78 is 0. The fourth-order valence-corrected chi connectivity index (χ4v) is 1.60. The van der Waals surface area contributed by atoms with E-state index in [2.05, 4.69) is 23.5 Å². The van der Waals surface area contributed by atoms with Crippen molar-refractivity contribution >= 4 is 5.91 Å². The van der Waals surface area contributed by atoms with Crippen LogP contribution in [0.4, 0.5) is 0 Å². The zero-order chi connectivity index (χ0) is 10.8. The van der Waals surface area contributed by atoms with Gasteiger partial charge >= 0.3 is 0 Å². The highest BCUT2D eigenvalue weighted by molar-refractivity contribution is 5.80. The van der Waals surface area contributed by atoms with Gasteiger partial charge in [-0.1, -0.05) is 12.8 Å². The van der Waals surface area contributed by atoms with Crippen LogP contribution in [0.1, 0.15) is 20.8 Å². The summed E-state index contributed by atoms with van der Waals surface area (Å²) in [5.74, 6) is 3.07. The van der Waals surface area contributed by atoms with E-state index in [1.807, 2.05) is 13.8 Å². The number of amides is 1. The fourth-order valence-electron chi connectivity index (χ4n) is 1.60. The van der Waals surface area contributed by atoms with Crippen LogP contribution in [-0.2, 0) is 4.79 Å². The van der Waals surface area contributed by atoms with Crippen molar-refractivity contribution in [3.05, 3.63) is 0 Å². The molecule has 0 radical (unpaired) electrons. The second-order valence-electron chi connectivity index (χ2n) is 4.50. The normalized spacial score (nSPS) is 27.0. The van der Waals surface area contributed by atoms with E-state index in [0.29, 0.717) is 5.92 Å². The van der Waals surface area contributed by atoms with E-state index in [1.54, 1.807) is 0 Å². The van der Waals surface area contributed by atoms with Crippen molar-refractivity contribution in [1.29, 1.82) is 0 Å². The number of hydrogen-bond acceptors (Lipinski definition) is 2. The van der Waals surface area contributed by atoms with Gasteiger partial charge < -0.3 is 10.6 Å². The summed E-state index contributed by atoms with van der Waals surface area (Å²) >= 11 is 0. The maximum Gasteiger partial charge on any atom is 0.225 e. The Bertz CT molecular complexity index is 265. The van der Waals surface area contributed by atoms with E-state index < -0.39 is 5.54 Å². The lowest BCUT2D eigenvalue weighted by Crippen LogP contribution is -2.46. The molecule has 0 aromatic rings. The molecule has 0 aliphatic carbocycles. The van der Waals surface area contributed by atoms with Crippen molar-refractivity contribution in [2.75, 3.05) is 13.1 Å². The summed E-state index contributed by atoms with van der Waals surface area (Å²) in [5, 5.41) is 6.06. The van der Waals surface area contributed by atoms with Gasteiger partial charge in [0.1, 0.15) is 0 Å². The van der Waals surface area contributed by atoms with E-state index in [0.717, 1.165) is 13.1 Å². The first kappa shape index (κ1) is 11.1. The average molecular weight is 194 g/mol. The highest BCUT2D eigenvalue weighted by Crippen LogP contribution is 2.16. The first-order valence-corrected chi connectivity index (χ1v) is 4.97. The van der Waals surface area contributed by atoms with Crippen molar-refractivity contribution in [3.8, 4) is 12.3 Å². The molecule has 0 aromatic carbocycles. The Morgan fingerprint density at radius 3 is 2.64 bits per heavy atom. The third-order valence-corrected chi connectivity index (χ3v) is 2.65. The van der Waals surface area contributed by atoms with Crippen molar-refractivity contribution < 1.29 is 4.79 Å². The molecule has 0 bridgehead atoms.